The third-order valence-electron chi connectivity index (χ3n) is 2.59. The van der Waals surface area contributed by atoms with Crippen molar-refractivity contribution in [2.45, 2.75) is 26.1 Å². The van der Waals surface area contributed by atoms with Gasteiger partial charge in [-0.3, -0.25) is 0 Å². The molecule has 0 spiro atoms. The van der Waals surface area contributed by atoms with E-state index in [9.17, 15) is 8.42 Å². The van der Waals surface area contributed by atoms with Gasteiger partial charge in [0.2, 0.25) is 10.0 Å². The van der Waals surface area contributed by atoms with Crippen LogP contribution in [-0.4, -0.2) is 13.6 Å². The molecule has 0 aliphatic rings. The number of sulfonamides is 1. The summed E-state index contributed by atoms with van der Waals surface area (Å²) < 4.78 is 31.2. The van der Waals surface area contributed by atoms with Crippen LogP contribution in [0, 0.1) is 13.8 Å². The molecule has 0 fully saturated rings. The lowest BCUT2D eigenvalue weighted by Gasteiger charge is -2.05. The van der Waals surface area contributed by atoms with E-state index in [4.69, 9.17) is 4.52 Å². The molecule has 0 unspecified atom stereocenters. The van der Waals surface area contributed by atoms with Gasteiger partial charge in [-0.2, -0.15) is 0 Å². The summed E-state index contributed by atoms with van der Waals surface area (Å²) in [6.07, 6.45) is 0. The Morgan fingerprint density at radius 1 is 1.26 bits per heavy atom. The second-order valence-corrected chi connectivity index (χ2v) is 6.30. The lowest BCUT2D eigenvalue weighted by Crippen LogP contribution is -2.24. The molecule has 1 aromatic heterocycles. The summed E-state index contributed by atoms with van der Waals surface area (Å²) in [5.41, 5.74) is 2.38. The number of aromatic nitrogens is 1. The molecule has 19 heavy (non-hydrogen) atoms. The van der Waals surface area contributed by atoms with Gasteiger partial charge in [0.15, 0.2) is 0 Å². The lowest BCUT2D eigenvalue weighted by molar-refractivity contribution is 0.390. The standard InChI is InChI=1S/C13H16N2O3S/c1-10-4-3-5-12(6-10)9-19(16,17)14-8-13-7-11(2)18-15-13/h3-7,14H,8-9H2,1-2H3. The topological polar surface area (TPSA) is 72.2 Å². The molecule has 1 N–H and O–H groups in total. The van der Waals surface area contributed by atoms with E-state index in [0.717, 1.165) is 11.1 Å². The average Bonchev–Trinajstić information content (AvgIpc) is 2.72. The van der Waals surface area contributed by atoms with Gasteiger partial charge in [0.25, 0.3) is 0 Å². The number of nitrogens with zero attached hydrogens (tertiary/aromatic N) is 1. The van der Waals surface area contributed by atoms with Crippen LogP contribution in [0.2, 0.25) is 0 Å². The molecular weight excluding hydrogens is 264 g/mol. The molecule has 0 atom stereocenters. The van der Waals surface area contributed by atoms with Gasteiger partial charge in [0.1, 0.15) is 5.76 Å². The molecular formula is C13H16N2O3S. The molecule has 0 bridgehead atoms. The minimum absolute atomic E-state index is 0.0362. The molecule has 2 rings (SSSR count). The van der Waals surface area contributed by atoms with Gasteiger partial charge in [-0.25, -0.2) is 13.1 Å². The maximum absolute atomic E-state index is 11.9. The zero-order valence-electron chi connectivity index (χ0n) is 10.9. The predicted octanol–water partition coefficient (Wildman–Crippen LogP) is 1.91. The Bertz CT molecular complexity index is 662. The zero-order valence-corrected chi connectivity index (χ0v) is 11.7. The van der Waals surface area contributed by atoms with Gasteiger partial charge < -0.3 is 4.52 Å². The molecule has 6 heteroatoms. The summed E-state index contributed by atoms with van der Waals surface area (Å²) in [5.74, 6) is 0.624. The van der Waals surface area contributed by atoms with Crippen LogP contribution in [-0.2, 0) is 22.3 Å². The number of benzene rings is 1. The summed E-state index contributed by atoms with van der Waals surface area (Å²) in [6.45, 7) is 3.84. The SMILES string of the molecule is Cc1cccc(CS(=O)(=O)NCc2cc(C)on2)c1. The number of nitrogens with one attached hydrogen (secondary N) is 1. The average molecular weight is 280 g/mol. The van der Waals surface area contributed by atoms with E-state index in [1.54, 1.807) is 19.1 Å². The summed E-state index contributed by atoms with van der Waals surface area (Å²) >= 11 is 0. The summed E-state index contributed by atoms with van der Waals surface area (Å²) in [5, 5.41) is 3.74. The number of hydrogen-bond acceptors (Lipinski definition) is 4. The predicted molar refractivity (Wildman–Crippen MR) is 71.9 cm³/mol. The van der Waals surface area contributed by atoms with Crippen LogP contribution >= 0.6 is 0 Å². The van der Waals surface area contributed by atoms with Crippen molar-refractivity contribution in [3.8, 4) is 0 Å². The van der Waals surface area contributed by atoms with Crippen molar-refractivity contribution in [3.63, 3.8) is 0 Å². The van der Waals surface area contributed by atoms with Crippen molar-refractivity contribution in [2.75, 3.05) is 0 Å². The fraction of sp³-hybridized carbons (Fsp3) is 0.308. The molecule has 102 valence electrons. The Labute approximate surface area is 112 Å². The van der Waals surface area contributed by atoms with Crippen molar-refractivity contribution < 1.29 is 12.9 Å². The molecule has 0 aliphatic carbocycles. The second kappa shape index (κ2) is 5.54. The molecule has 0 saturated heterocycles. The largest absolute Gasteiger partial charge is 0.361 e. The highest BCUT2D eigenvalue weighted by Gasteiger charge is 2.12. The fourth-order valence-corrected chi connectivity index (χ4v) is 2.85. The lowest BCUT2D eigenvalue weighted by atomic mass is 10.2. The number of hydrogen-bond donors (Lipinski definition) is 1. The summed E-state index contributed by atoms with van der Waals surface area (Å²) in [4.78, 5) is 0. The van der Waals surface area contributed by atoms with Gasteiger partial charge in [-0.1, -0.05) is 35.0 Å². The number of rotatable bonds is 5. The summed E-state index contributed by atoms with van der Waals surface area (Å²) in [7, 11) is -3.37. The highest BCUT2D eigenvalue weighted by Crippen LogP contribution is 2.08. The van der Waals surface area contributed by atoms with E-state index in [1.807, 2.05) is 25.1 Å². The van der Waals surface area contributed by atoms with Gasteiger partial charge >= 0.3 is 0 Å². The van der Waals surface area contributed by atoms with Crippen LogP contribution in [0.3, 0.4) is 0 Å². The third-order valence-corrected chi connectivity index (χ3v) is 3.89. The Kier molecular flexibility index (Phi) is 4.01. The third kappa shape index (κ3) is 4.18. The van der Waals surface area contributed by atoms with Crippen LogP contribution in [0.25, 0.3) is 0 Å². The van der Waals surface area contributed by atoms with Gasteiger partial charge in [-0.15, -0.1) is 0 Å². The first-order chi connectivity index (χ1) is 8.94. The Morgan fingerprint density at radius 3 is 2.68 bits per heavy atom. The van der Waals surface area contributed by atoms with Crippen molar-refractivity contribution in [1.82, 2.24) is 9.88 Å². The monoisotopic (exact) mass is 280 g/mol. The smallest absolute Gasteiger partial charge is 0.216 e. The molecule has 5 nitrogen and oxygen atoms in total. The van der Waals surface area contributed by atoms with E-state index >= 15 is 0 Å². The van der Waals surface area contributed by atoms with Crippen molar-refractivity contribution in [2.24, 2.45) is 0 Å². The molecule has 1 heterocycles. The minimum Gasteiger partial charge on any atom is -0.361 e. The van der Waals surface area contributed by atoms with E-state index in [2.05, 4.69) is 9.88 Å². The number of aryl methyl sites for hydroxylation is 2. The van der Waals surface area contributed by atoms with Gasteiger partial charge in [0, 0.05) is 6.07 Å². The highest BCUT2D eigenvalue weighted by molar-refractivity contribution is 7.88. The van der Waals surface area contributed by atoms with Crippen LogP contribution in [0.1, 0.15) is 22.6 Å². The Morgan fingerprint density at radius 2 is 2.05 bits per heavy atom. The first kappa shape index (κ1) is 13.8. The highest BCUT2D eigenvalue weighted by atomic mass is 32.2. The maximum Gasteiger partial charge on any atom is 0.216 e. The second-order valence-electron chi connectivity index (χ2n) is 4.50. The molecule has 0 radical (unpaired) electrons. The Balaban J connectivity index is 1.99. The van der Waals surface area contributed by atoms with Crippen molar-refractivity contribution in [1.29, 1.82) is 0 Å². The van der Waals surface area contributed by atoms with E-state index in [-0.39, 0.29) is 12.3 Å². The first-order valence-electron chi connectivity index (χ1n) is 5.90. The van der Waals surface area contributed by atoms with Crippen molar-refractivity contribution >= 4 is 10.0 Å². The quantitative estimate of drug-likeness (QED) is 0.908. The minimum atomic E-state index is -3.37. The van der Waals surface area contributed by atoms with Crippen LogP contribution in [0.15, 0.2) is 34.9 Å². The Hall–Kier alpha value is -1.66. The van der Waals surface area contributed by atoms with E-state index < -0.39 is 10.0 Å². The molecule has 0 aliphatic heterocycles. The molecule has 2 aromatic rings. The van der Waals surface area contributed by atoms with Gasteiger partial charge in [0.05, 0.1) is 18.0 Å². The van der Waals surface area contributed by atoms with E-state index in [0.29, 0.717) is 11.5 Å². The normalized spacial score (nSPS) is 11.7. The van der Waals surface area contributed by atoms with Crippen LogP contribution in [0.4, 0.5) is 0 Å². The summed E-state index contributed by atoms with van der Waals surface area (Å²) in [6, 6.07) is 9.14. The van der Waals surface area contributed by atoms with Crippen molar-refractivity contribution in [3.05, 3.63) is 52.9 Å². The maximum atomic E-state index is 11.9. The fourth-order valence-electron chi connectivity index (χ4n) is 1.76. The van der Waals surface area contributed by atoms with Crippen LogP contribution in [0.5, 0.6) is 0 Å². The van der Waals surface area contributed by atoms with Gasteiger partial charge in [-0.05, 0) is 19.4 Å². The molecule has 0 amide bonds. The van der Waals surface area contributed by atoms with E-state index in [1.165, 1.54) is 0 Å². The molecule has 1 aromatic carbocycles. The first-order valence-corrected chi connectivity index (χ1v) is 7.55. The van der Waals surface area contributed by atoms with Crippen LogP contribution < -0.4 is 4.72 Å². The molecule has 0 saturated carbocycles. The zero-order chi connectivity index (χ0) is 13.9.